The molecule has 0 saturated carbocycles. The molecule has 0 fully saturated rings. The molecule has 0 aromatic heterocycles. The van der Waals surface area contributed by atoms with Crippen LogP contribution in [0.2, 0.25) is 0 Å². The Kier molecular flexibility index (Phi) is 14.4. The highest BCUT2D eigenvalue weighted by atomic mass is 16.5. The SMILES string of the molecule is CCCCCN1C(=O)C=CC1=O.N#COCCCCCN1C(=O)C=CC1=O.O=C=O. The number of unbranched alkanes of at least 4 members (excludes halogenated alkanes) is 4. The molecular formula is C20H25N3O7. The molecular weight excluding hydrogens is 394 g/mol. The van der Waals surface area contributed by atoms with E-state index in [9.17, 15) is 19.2 Å². The van der Waals surface area contributed by atoms with Gasteiger partial charge >= 0.3 is 6.15 Å². The van der Waals surface area contributed by atoms with Crippen molar-refractivity contribution in [1.29, 1.82) is 5.26 Å². The topological polar surface area (TPSA) is 142 Å². The van der Waals surface area contributed by atoms with Crippen LogP contribution < -0.4 is 0 Å². The summed E-state index contributed by atoms with van der Waals surface area (Å²) in [6, 6.07) is 0. The highest BCUT2D eigenvalue weighted by Gasteiger charge is 2.22. The predicted molar refractivity (Wildman–Crippen MR) is 102 cm³/mol. The molecule has 0 atom stereocenters. The number of carbonyl (C=O) groups is 4. The maximum absolute atomic E-state index is 11.1. The van der Waals surface area contributed by atoms with E-state index in [1.54, 1.807) is 6.26 Å². The van der Waals surface area contributed by atoms with Crippen molar-refractivity contribution in [3.8, 4) is 6.26 Å². The van der Waals surface area contributed by atoms with Gasteiger partial charge in [-0.1, -0.05) is 19.8 Å². The molecule has 162 valence electrons. The average molecular weight is 419 g/mol. The highest BCUT2D eigenvalue weighted by Crippen LogP contribution is 2.07. The molecule has 0 aromatic carbocycles. The van der Waals surface area contributed by atoms with E-state index in [0.29, 0.717) is 19.7 Å². The average Bonchev–Trinajstić information content (AvgIpc) is 3.21. The van der Waals surface area contributed by atoms with Gasteiger partial charge in [0.05, 0.1) is 0 Å². The van der Waals surface area contributed by atoms with Gasteiger partial charge in [0, 0.05) is 37.4 Å². The number of hydrogen-bond donors (Lipinski definition) is 0. The number of rotatable bonds is 10. The molecule has 0 bridgehead atoms. The van der Waals surface area contributed by atoms with E-state index >= 15 is 0 Å². The summed E-state index contributed by atoms with van der Waals surface area (Å²) in [6.45, 7) is 3.50. The fourth-order valence-electron chi connectivity index (χ4n) is 2.49. The molecule has 10 nitrogen and oxygen atoms in total. The lowest BCUT2D eigenvalue weighted by Gasteiger charge is -2.12. The minimum Gasteiger partial charge on any atom is -0.428 e. The van der Waals surface area contributed by atoms with E-state index < -0.39 is 0 Å². The summed E-state index contributed by atoms with van der Waals surface area (Å²) in [5.74, 6) is -0.825. The fraction of sp³-hybridized carbons (Fsp3) is 0.500. The second-order valence-corrected chi connectivity index (χ2v) is 6.11. The monoisotopic (exact) mass is 419 g/mol. The number of amides is 4. The Morgan fingerprint density at radius 3 is 1.53 bits per heavy atom. The molecule has 0 saturated heterocycles. The van der Waals surface area contributed by atoms with Crippen molar-refractivity contribution in [2.45, 2.75) is 45.4 Å². The zero-order valence-corrected chi connectivity index (χ0v) is 16.9. The lowest BCUT2D eigenvalue weighted by atomic mass is 10.2. The van der Waals surface area contributed by atoms with Gasteiger partial charge in [-0.15, -0.1) is 0 Å². The highest BCUT2D eigenvalue weighted by molar-refractivity contribution is 6.13. The lowest BCUT2D eigenvalue weighted by molar-refractivity contribution is -0.191. The van der Waals surface area contributed by atoms with Crippen molar-refractivity contribution >= 4 is 29.8 Å². The quantitative estimate of drug-likeness (QED) is 0.291. The first-order chi connectivity index (χ1) is 14.4. The predicted octanol–water partition coefficient (Wildman–Crippen LogP) is 1.10. The number of nitrogens with zero attached hydrogens (tertiary/aromatic N) is 3. The van der Waals surface area contributed by atoms with Crippen LogP contribution in [0.1, 0.15) is 45.4 Å². The molecule has 10 heteroatoms. The summed E-state index contributed by atoms with van der Waals surface area (Å²) in [6.07, 6.45) is 12.5. The Bertz CT molecular complexity index is 695. The van der Waals surface area contributed by atoms with Gasteiger partial charge in [-0.05, 0) is 25.7 Å². The summed E-state index contributed by atoms with van der Waals surface area (Å²) >= 11 is 0. The molecule has 2 heterocycles. The Hall–Kier alpha value is -3.57. The first kappa shape index (κ1) is 26.4. The van der Waals surface area contributed by atoms with E-state index in [1.807, 2.05) is 0 Å². The molecule has 2 aliphatic rings. The molecule has 0 spiro atoms. The molecule has 0 radical (unpaired) electrons. The first-order valence-corrected chi connectivity index (χ1v) is 9.50. The van der Waals surface area contributed by atoms with E-state index in [1.165, 1.54) is 34.1 Å². The summed E-state index contributed by atoms with van der Waals surface area (Å²) in [5.41, 5.74) is 0. The van der Waals surface area contributed by atoms with Crippen molar-refractivity contribution in [3.05, 3.63) is 24.3 Å². The standard InChI is InChI=1S/C10H12N2O3.C9H13NO2.CO2/c11-8-15-7-3-1-2-6-12-9(13)4-5-10(12)14;1-2-3-4-7-10-8(11)5-6-9(10)12;2-1-3/h4-5H,1-3,6-7H2;5-6H,2-4,7H2,1H3;. The van der Waals surface area contributed by atoms with Gasteiger partial charge in [0.15, 0.2) is 0 Å². The van der Waals surface area contributed by atoms with Gasteiger partial charge < -0.3 is 4.74 Å². The normalized spacial score (nSPS) is 14.0. The molecule has 0 aromatic rings. The summed E-state index contributed by atoms with van der Waals surface area (Å²) < 4.78 is 4.49. The van der Waals surface area contributed by atoms with Crippen LogP contribution in [0.3, 0.4) is 0 Å². The third-order valence-electron chi connectivity index (χ3n) is 3.98. The van der Waals surface area contributed by atoms with Crippen molar-refractivity contribution in [2.75, 3.05) is 19.7 Å². The van der Waals surface area contributed by atoms with E-state index in [0.717, 1.165) is 38.5 Å². The summed E-state index contributed by atoms with van der Waals surface area (Å²) in [7, 11) is 0. The van der Waals surface area contributed by atoms with Crippen molar-refractivity contribution in [2.24, 2.45) is 0 Å². The second-order valence-electron chi connectivity index (χ2n) is 6.11. The minimum absolute atomic E-state index is 0.170. The van der Waals surface area contributed by atoms with Crippen LogP contribution in [0, 0.1) is 11.5 Å². The molecule has 0 N–H and O–H groups in total. The van der Waals surface area contributed by atoms with Crippen molar-refractivity contribution < 1.29 is 33.5 Å². The number of imide groups is 2. The Morgan fingerprint density at radius 2 is 1.17 bits per heavy atom. The lowest BCUT2D eigenvalue weighted by Crippen LogP contribution is -2.30. The molecule has 2 rings (SSSR count). The van der Waals surface area contributed by atoms with Crippen LogP contribution in [0.4, 0.5) is 0 Å². The maximum Gasteiger partial charge on any atom is 0.373 e. The smallest absolute Gasteiger partial charge is 0.373 e. The number of hydrogen-bond acceptors (Lipinski definition) is 8. The van der Waals surface area contributed by atoms with E-state index in [2.05, 4.69) is 11.7 Å². The first-order valence-electron chi connectivity index (χ1n) is 9.50. The van der Waals surface area contributed by atoms with Gasteiger partial charge in [-0.25, -0.2) is 0 Å². The van der Waals surface area contributed by atoms with Crippen LogP contribution in [0.25, 0.3) is 0 Å². The van der Waals surface area contributed by atoms with Crippen LogP contribution in [0.5, 0.6) is 0 Å². The largest absolute Gasteiger partial charge is 0.428 e. The zero-order valence-electron chi connectivity index (χ0n) is 16.9. The maximum atomic E-state index is 11.1. The van der Waals surface area contributed by atoms with Crippen LogP contribution >= 0.6 is 0 Å². The molecule has 30 heavy (non-hydrogen) atoms. The second kappa shape index (κ2) is 16.4. The van der Waals surface area contributed by atoms with E-state index in [4.69, 9.17) is 14.9 Å². The fourth-order valence-corrected chi connectivity index (χ4v) is 2.49. The van der Waals surface area contributed by atoms with Gasteiger partial charge in [-0.2, -0.15) is 14.9 Å². The third-order valence-corrected chi connectivity index (χ3v) is 3.98. The van der Waals surface area contributed by atoms with Gasteiger partial charge in [0.25, 0.3) is 29.9 Å². The Morgan fingerprint density at radius 1 is 0.767 bits per heavy atom. The summed E-state index contributed by atoms with van der Waals surface area (Å²) in [5, 5.41) is 8.09. The molecule has 0 aliphatic carbocycles. The van der Waals surface area contributed by atoms with Crippen LogP contribution in [-0.2, 0) is 33.5 Å². The molecule has 2 aliphatic heterocycles. The zero-order chi connectivity index (χ0) is 22.8. The molecule has 4 amide bonds. The van der Waals surface area contributed by atoms with Crippen molar-refractivity contribution in [1.82, 2.24) is 9.80 Å². The number of carbonyl (C=O) groups excluding carboxylic acids is 6. The Balaban J connectivity index is 0.000000505. The Labute approximate surface area is 174 Å². The van der Waals surface area contributed by atoms with Crippen LogP contribution in [0.15, 0.2) is 24.3 Å². The van der Waals surface area contributed by atoms with E-state index in [-0.39, 0.29) is 29.8 Å². The van der Waals surface area contributed by atoms with Crippen LogP contribution in [-0.4, -0.2) is 59.3 Å². The third kappa shape index (κ3) is 10.7. The van der Waals surface area contributed by atoms with Gasteiger partial charge in [0.1, 0.15) is 6.61 Å². The summed E-state index contributed by atoms with van der Waals surface area (Å²) in [4.78, 5) is 62.9. The van der Waals surface area contributed by atoms with Gasteiger partial charge in [0.2, 0.25) is 0 Å². The number of ether oxygens (including phenoxy) is 1. The molecule has 0 unspecified atom stereocenters. The minimum atomic E-state index is -0.242. The van der Waals surface area contributed by atoms with Crippen molar-refractivity contribution in [3.63, 3.8) is 0 Å². The van der Waals surface area contributed by atoms with Gasteiger partial charge in [-0.3, -0.25) is 29.0 Å². The number of nitriles is 1.